The van der Waals surface area contributed by atoms with Crippen molar-refractivity contribution in [2.45, 2.75) is 13.0 Å². The van der Waals surface area contributed by atoms with Crippen LogP contribution in [0, 0.1) is 0 Å². The lowest BCUT2D eigenvalue weighted by Crippen LogP contribution is -2.04. The summed E-state index contributed by atoms with van der Waals surface area (Å²) < 4.78 is 5.07. The molecular weight excluding hydrogens is 182 g/mol. The van der Waals surface area contributed by atoms with Crippen LogP contribution in [0.3, 0.4) is 0 Å². The van der Waals surface area contributed by atoms with Crippen LogP contribution in [-0.2, 0) is 17.8 Å². The van der Waals surface area contributed by atoms with Gasteiger partial charge in [0.25, 0.3) is 0 Å². The first-order valence-corrected chi connectivity index (χ1v) is 4.35. The highest BCUT2D eigenvalue weighted by atomic mass is 16.5. The number of hydrogen-bond donors (Lipinski definition) is 2. The molecule has 0 radical (unpaired) electrons. The molecule has 0 aromatic heterocycles. The highest BCUT2D eigenvalue weighted by Crippen LogP contribution is 2.31. The molecule has 1 heterocycles. The molecule has 0 aliphatic carbocycles. The molecule has 0 atom stereocenters. The number of ether oxygens (including phenoxy) is 1. The Bertz CT molecular complexity index is 387. The van der Waals surface area contributed by atoms with Crippen molar-refractivity contribution in [3.8, 4) is 5.75 Å². The zero-order valence-corrected chi connectivity index (χ0v) is 7.83. The number of anilines is 1. The second kappa shape index (κ2) is 3.31. The highest BCUT2D eigenvalue weighted by Gasteiger charge is 2.21. The van der Waals surface area contributed by atoms with E-state index in [4.69, 9.17) is 9.84 Å². The lowest BCUT2D eigenvalue weighted by atomic mass is 10.1. The lowest BCUT2D eigenvalue weighted by molar-refractivity contribution is -0.115. The molecule has 1 aliphatic heterocycles. The molecule has 1 aromatic rings. The lowest BCUT2D eigenvalue weighted by Gasteiger charge is -2.08. The van der Waals surface area contributed by atoms with Gasteiger partial charge in [-0.15, -0.1) is 0 Å². The van der Waals surface area contributed by atoms with E-state index in [9.17, 15) is 4.79 Å². The fraction of sp³-hybridized carbons (Fsp3) is 0.300. The Morgan fingerprint density at radius 1 is 1.57 bits per heavy atom. The molecular formula is C10H11NO3. The predicted molar refractivity (Wildman–Crippen MR) is 51.3 cm³/mol. The van der Waals surface area contributed by atoms with Crippen molar-refractivity contribution in [2.24, 2.45) is 0 Å². The number of carbonyl (C=O) groups excluding carboxylic acids is 1. The Labute approximate surface area is 81.5 Å². The highest BCUT2D eigenvalue weighted by molar-refractivity contribution is 6.00. The molecule has 14 heavy (non-hydrogen) atoms. The maximum atomic E-state index is 11.1. The van der Waals surface area contributed by atoms with Crippen molar-refractivity contribution in [2.75, 3.05) is 12.4 Å². The van der Waals surface area contributed by atoms with Gasteiger partial charge in [-0.05, 0) is 17.7 Å². The molecule has 4 nitrogen and oxygen atoms in total. The molecule has 74 valence electrons. The Morgan fingerprint density at radius 2 is 2.36 bits per heavy atom. The number of aliphatic hydroxyl groups excluding tert-OH is 1. The summed E-state index contributed by atoms with van der Waals surface area (Å²) in [6.45, 7) is -0.0974. The van der Waals surface area contributed by atoms with Gasteiger partial charge in [0.05, 0.1) is 25.8 Å². The first-order chi connectivity index (χ1) is 6.74. The Balaban J connectivity index is 2.51. The first kappa shape index (κ1) is 9.02. The minimum atomic E-state index is -0.0974. The van der Waals surface area contributed by atoms with Gasteiger partial charge in [0.15, 0.2) is 0 Å². The molecule has 4 heteroatoms. The molecule has 2 rings (SSSR count). The van der Waals surface area contributed by atoms with Crippen molar-refractivity contribution in [3.63, 3.8) is 0 Å². The quantitative estimate of drug-likeness (QED) is 0.726. The Morgan fingerprint density at radius 3 is 3.00 bits per heavy atom. The number of hydrogen-bond acceptors (Lipinski definition) is 3. The van der Waals surface area contributed by atoms with Crippen LogP contribution in [0.5, 0.6) is 5.75 Å². The maximum Gasteiger partial charge on any atom is 0.228 e. The van der Waals surface area contributed by atoms with Crippen LogP contribution in [-0.4, -0.2) is 18.1 Å². The van der Waals surface area contributed by atoms with Gasteiger partial charge in [-0.1, -0.05) is 0 Å². The number of methoxy groups -OCH3 is 1. The molecule has 1 aromatic carbocycles. The van der Waals surface area contributed by atoms with Crippen molar-refractivity contribution in [1.82, 2.24) is 0 Å². The van der Waals surface area contributed by atoms with E-state index in [0.717, 1.165) is 11.3 Å². The number of fused-ring (bicyclic) bond motifs is 1. The monoisotopic (exact) mass is 193 g/mol. The Hall–Kier alpha value is -1.55. The summed E-state index contributed by atoms with van der Waals surface area (Å²) in [7, 11) is 1.56. The van der Waals surface area contributed by atoms with E-state index < -0.39 is 0 Å². The van der Waals surface area contributed by atoms with Gasteiger partial charge < -0.3 is 15.2 Å². The molecule has 0 saturated carbocycles. The molecule has 0 spiro atoms. The summed E-state index contributed by atoms with van der Waals surface area (Å²) >= 11 is 0. The fourth-order valence-electron chi connectivity index (χ4n) is 1.63. The van der Waals surface area contributed by atoms with Gasteiger partial charge in [0, 0.05) is 5.56 Å². The summed E-state index contributed by atoms with van der Waals surface area (Å²) in [6.07, 6.45) is 0.361. The van der Waals surface area contributed by atoms with E-state index in [0.29, 0.717) is 17.7 Å². The van der Waals surface area contributed by atoms with Gasteiger partial charge in [0.2, 0.25) is 5.91 Å². The number of amides is 1. The molecule has 0 bridgehead atoms. The fourth-order valence-corrected chi connectivity index (χ4v) is 1.63. The molecule has 2 N–H and O–H groups in total. The molecule has 0 unspecified atom stereocenters. The van der Waals surface area contributed by atoms with Crippen LogP contribution in [0.15, 0.2) is 12.1 Å². The zero-order valence-electron chi connectivity index (χ0n) is 7.83. The van der Waals surface area contributed by atoms with Crippen LogP contribution in [0.4, 0.5) is 5.69 Å². The summed E-state index contributed by atoms with van der Waals surface area (Å²) in [6, 6.07) is 3.54. The average Bonchev–Trinajstić information content (AvgIpc) is 2.56. The first-order valence-electron chi connectivity index (χ1n) is 4.35. The van der Waals surface area contributed by atoms with Crippen molar-refractivity contribution in [3.05, 3.63) is 23.3 Å². The summed E-state index contributed by atoms with van der Waals surface area (Å²) in [5, 5.41) is 11.8. The van der Waals surface area contributed by atoms with Gasteiger partial charge >= 0.3 is 0 Å². The van der Waals surface area contributed by atoms with Gasteiger partial charge in [-0.25, -0.2) is 0 Å². The zero-order chi connectivity index (χ0) is 10.1. The smallest absolute Gasteiger partial charge is 0.228 e. The summed E-state index contributed by atoms with van der Waals surface area (Å²) in [5.74, 6) is 0.632. The minimum absolute atomic E-state index is 0.0389. The summed E-state index contributed by atoms with van der Waals surface area (Å²) in [5.41, 5.74) is 2.32. The van der Waals surface area contributed by atoms with Crippen molar-refractivity contribution in [1.29, 1.82) is 0 Å². The van der Waals surface area contributed by atoms with E-state index in [1.807, 2.05) is 6.07 Å². The second-order valence-electron chi connectivity index (χ2n) is 3.20. The van der Waals surface area contributed by atoms with Crippen molar-refractivity contribution < 1.29 is 14.6 Å². The van der Waals surface area contributed by atoms with Crippen LogP contribution in [0.2, 0.25) is 0 Å². The normalized spacial score (nSPS) is 13.7. The van der Waals surface area contributed by atoms with E-state index in [1.54, 1.807) is 13.2 Å². The van der Waals surface area contributed by atoms with Gasteiger partial charge in [0.1, 0.15) is 5.75 Å². The Kier molecular flexibility index (Phi) is 2.13. The molecule has 0 saturated heterocycles. The van der Waals surface area contributed by atoms with E-state index in [1.165, 1.54) is 0 Å². The predicted octanol–water partition coefficient (Wildman–Crippen LogP) is 0.682. The third-order valence-electron chi connectivity index (χ3n) is 2.30. The number of benzene rings is 1. The topological polar surface area (TPSA) is 58.6 Å². The SMILES string of the molecule is COc1cc(CO)c2c(c1)CC(=O)N2. The average molecular weight is 193 g/mol. The third kappa shape index (κ3) is 1.33. The van der Waals surface area contributed by atoms with E-state index in [2.05, 4.69) is 5.32 Å². The van der Waals surface area contributed by atoms with Crippen LogP contribution in [0.25, 0.3) is 0 Å². The minimum Gasteiger partial charge on any atom is -0.497 e. The van der Waals surface area contributed by atoms with Crippen LogP contribution < -0.4 is 10.1 Å². The van der Waals surface area contributed by atoms with Crippen LogP contribution >= 0.6 is 0 Å². The number of aliphatic hydroxyl groups is 1. The molecule has 1 aliphatic rings. The van der Waals surface area contributed by atoms with Gasteiger partial charge in [-0.2, -0.15) is 0 Å². The standard InChI is InChI=1S/C10H11NO3/c1-14-8-2-6-4-9(13)11-10(6)7(3-8)5-12/h2-3,12H,4-5H2,1H3,(H,11,13). The third-order valence-corrected chi connectivity index (χ3v) is 2.30. The number of nitrogens with one attached hydrogen (secondary N) is 1. The molecule has 0 fully saturated rings. The summed E-state index contributed by atoms with van der Waals surface area (Å²) in [4.78, 5) is 11.1. The van der Waals surface area contributed by atoms with Gasteiger partial charge in [-0.3, -0.25) is 4.79 Å². The largest absolute Gasteiger partial charge is 0.497 e. The van der Waals surface area contributed by atoms with Crippen LogP contribution in [0.1, 0.15) is 11.1 Å². The van der Waals surface area contributed by atoms with E-state index >= 15 is 0 Å². The molecule has 1 amide bonds. The number of carbonyl (C=O) groups is 1. The van der Waals surface area contributed by atoms with E-state index in [-0.39, 0.29) is 12.5 Å². The maximum absolute atomic E-state index is 11.1. The second-order valence-corrected chi connectivity index (χ2v) is 3.20. The number of rotatable bonds is 2. The van der Waals surface area contributed by atoms with Crippen molar-refractivity contribution >= 4 is 11.6 Å².